The van der Waals surface area contributed by atoms with Crippen LogP contribution >= 0.6 is 0 Å². The van der Waals surface area contributed by atoms with Crippen molar-refractivity contribution in [1.29, 1.82) is 0 Å². The van der Waals surface area contributed by atoms with Gasteiger partial charge in [-0.15, -0.1) is 0 Å². The van der Waals surface area contributed by atoms with Gasteiger partial charge in [0.15, 0.2) is 5.89 Å². The van der Waals surface area contributed by atoms with E-state index in [0.29, 0.717) is 24.1 Å². The number of amides is 1. The normalized spacial score (nSPS) is 12.9. The number of rotatable bonds is 2. The Labute approximate surface area is 109 Å². The molecule has 0 bridgehead atoms. The minimum absolute atomic E-state index is 0.169. The molecule has 0 spiro atoms. The monoisotopic (exact) mass is 260 g/mol. The molecule has 0 aromatic carbocycles. The van der Waals surface area contributed by atoms with E-state index in [9.17, 15) is 4.79 Å². The lowest BCUT2D eigenvalue weighted by Gasteiger charge is -2.03. The molecule has 0 saturated heterocycles. The van der Waals surface area contributed by atoms with E-state index in [4.69, 9.17) is 9.15 Å². The number of fused-ring (bicyclic) bond motifs is 1. The number of aromatic nitrogens is 3. The number of ether oxygens (including phenoxy) is 1. The Morgan fingerprint density at radius 3 is 2.95 bits per heavy atom. The molecular weight excluding hydrogens is 248 g/mol. The second-order valence-electron chi connectivity index (χ2n) is 4.22. The molecule has 3 rings (SSSR count). The van der Waals surface area contributed by atoms with Gasteiger partial charge in [-0.25, -0.2) is 9.97 Å². The maximum Gasteiger partial charge on any atom is 0.295 e. The maximum atomic E-state index is 12.0. The molecule has 7 heteroatoms. The van der Waals surface area contributed by atoms with Crippen LogP contribution in [0.5, 0.6) is 5.88 Å². The van der Waals surface area contributed by atoms with Crippen molar-refractivity contribution in [1.82, 2.24) is 15.0 Å². The van der Waals surface area contributed by atoms with E-state index in [1.54, 1.807) is 20.0 Å². The number of hydrogen-bond donors (Lipinski definition) is 1. The Kier molecular flexibility index (Phi) is 2.66. The van der Waals surface area contributed by atoms with Crippen molar-refractivity contribution in [2.45, 2.75) is 20.3 Å². The lowest BCUT2D eigenvalue weighted by Crippen LogP contribution is -2.14. The van der Waals surface area contributed by atoms with E-state index < -0.39 is 5.91 Å². The summed E-state index contributed by atoms with van der Waals surface area (Å²) in [6, 6.07) is 0. The van der Waals surface area contributed by atoms with E-state index in [0.717, 1.165) is 12.0 Å². The van der Waals surface area contributed by atoms with Crippen LogP contribution in [0.25, 0.3) is 0 Å². The molecule has 0 unspecified atom stereocenters. The smallest absolute Gasteiger partial charge is 0.295 e. The van der Waals surface area contributed by atoms with Gasteiger partial charge in [-0.05, 0) is 6.92 Å². The van der Waals surface area contributed by atoms with Crippen LogP contribution in [-0.4, -0.2) is 27.5 Å². The Bertz CT molecular complexity index is 650. The third-order valence-corrected chi connectivity index (χ3v) is 2.77. The number of nitrogens with one attached hydrogen (secondary N) is 1. The quantitative estimate of drug-likeness (QED) is 0.874. The zero-order valence-corrected chi connectivity index (χ0v) is 10.6. The highest BCUT2D eigenvalue weighted by molar-refractivity contribution is 6.01. The molecule has 2 aromatic heterocycles. The molecule has 19 heavy (non-hydrogen) atoms. The summed E-state index contributed by atoms with van der Waals surface area (Å²) in [5.41, 5.74) is 1.48. The number of nitrogens with zero attached hydrogens (tertiary/aromatic N) is 3. The highest BCUT2D eigenvalue weighted by atomic mass is 16.5. The molecule has 0 saturated carbocycles. The fraction of sp³-hybridized carbons (Fsp3) is 0.333. The highest BCUT2D eigenvalue weighted by Gasteiger charge is 2.19. The second kappa shape index (κ2) is 4.34. The molecule has 1 aliphatic rings. The van der Waals surface area contributed by atoms with Crippen molar-refractivity contribution in [3.8, 4) is 5.88 Å². The average molecular weight is 260 g/mol. The van der Waals surface area contributed by atoms with Gasteiger partial charge in [-0.2, -0.15) is 4.98 Å². The first kappa shape index (κ1) is 11.6. The SMILES string of the molecule is Cc1nc(C)c(C(=O)Nc2ncc3c(n2)OCC3)o1. The zero-order chi connectivity index (χ0) is 13.4. The Morgan fingerprint density at radius 1 is 1.37 bits per heavy atom. The first-order chi connectivity index (χ1) is 9.13. The van der Waals surface area contributed by atoms with Crippen LogP contribution in [0.15, 0.2) is 10.6 Å². The van der Waals surface area contributed by atoms with E-state index in [1.807, 2.05) is 0 Å². The van der Waals surface area contributed by atoms with Gasteiger partial charge in [-0.3, -0.25) is 10.1 Å². The summed E-state index contributed by atoms with van der Waals surface area (Å²) in [5.74, 6) is 0.911. The number of anilines is 1. The fourth-order valence-electron chi connectivity index (χ4n) is 1.91. The number of carbonyl (C=O) groups excluding carboxylic acids is 1. The Hall–Kier alpha value is -2.44. The summed E-state index contributed by atoms with van der Waals surface area (Å²) < 4.78 is 10.5. The lowest BCUT2D eigenvalue weighted by molar-refractivity contribution is 0.0993. The van der Waals surface area contributed by atoms with Crippen molar-refractivity contribution in [2.75, 3.05) is 11.9 Å². The van der Waals surface area contributed by atoms with Gasteiger partial charge in [0.1, 0.15) is 0 Å². The zero-order valence-electron chi connectivity index (χ0n) is 10.6. The molecule has 0 radical (unpaired) electrons. The predicted octanol–water partition coefficient (Wildman–Crippen LogP) is 1.27. The molecule has 0 fully saturated rings. The summed E-state index contributed by atoms with van der Waals surface area (Å²) >= 11 is 0. The number of carbonyl (C=O) groups is 1. The van der Waals surface area contributed by atoms with Gasteiger partial charge < -0.3 is 9.15 Å². The topological polar surface area (TPSA) is 90.1 Å². The molecular formula is C12H12N4O3. The number of oxazole rings is 1. The van der Waals surface area contributed by atoms with E-state index >= 15 is 0 Å². The van der Waals surface area contributed by atoms with Crippen LogP contribution in [0, 0.1) is 13.8 Å². The van der Waals surface area contributed by atoms with Crippen LogP contribution in [0.1, 0.15) is 27.7 Å². The molecule has 1 N–H and O–H groups in total. The van der Waals surface area contributed by atoms with Crippen molar-refractivity contribution >= 4 is 11.9 Å². The van der Waals surface area contributed by atoms with Crippen molar-refractivity contribution < 1.29 is 13.9 Å². The van der Waals surface area contributed by atoms with Crippen LogP contribution < -0.4 is 10.1 Å². The van der Waals surface area contributed by atoms with Gasteiger partial charge in [0.2, 0.25) is 17.6 Å². The molecule has 98 valence electrons. The van der Waals surface area contributed by atoms with Crippen LogP contribution in [0.2, 0.25) is 0 Å². The van der Waals surface area contributed by atoms with Crippen molar-refractivity contribution in [2.24, 2.45) is 0 Å². The first-order valence-electron chi connectivity index (χ1n) is 5.87. The van der Waals surface area contributed by atoms with E-state index in [1.165, 1.54) is 0 Å². The van der Waals surface area contributed by atoms with E-state index in [2.05, 4.69) is 20.3 Å². The van der Waals surface area contributed by atoms with Crippen molar-refractivity contribution in [3.63, 3.8) is 0 Å². The summed E-state index contributed by atoms with van der Waals surface area (Å²) in [6.07, 6.45) is 2.45. The van der Waals surface area contributed by atoms with Gasteiger partial charge in [0.25, 0.3) is 5.91 Å². The summed E-state index contributed by atoms with van der Waals surface area (Å²) in [4.78, 5) is 24.2. The lowest BCUT2D eigenvalue weighted by atomic mass is 10.3. The Balaban J connectivity index is 1.81. The van der Waals surface area contributed by atoms with Crippen molar-refractivity contribution in [3.05, 3.63) is 29.1 Å². The van der Waals surface area contributed by atoms with Crippen LogP contribution in [0.3, 0.4) is 0 Å². The Morgan fingerprint density at radius 2 is 2.21 bits per heavy atom. The molecule has 1 amide bonds. The van der Waals surface area contributed by atoms with Gasteiger partial charge in [0.05, 0.1) is 12.3 Å². The molecule has 2 aromatic rings. The number of aryl methyl sites for hydroxylation is 2. The molecule has 0 aliphatic carbocycles. The largest absolute Gasteiger partial charge is 0.477 e. The van der Waals surface area contributed by atoms with Gasteiger partial charge in [-0.1, -0.05) is 0 Å². The second-order valence-corrected chi connectivity index (χ2v) is 4.22. The van der Waals surface area contributed by atoms with Gasteiger partial charge >= 0.3 is 0 Å². The fourth-order valence-corrected chi connectivity index (χ4v) is 1.91. The predicted molar refractivity (Wildman–Crippen MR) is 65.2 cm³/mol. The first-order valence-corrected chi connectivity index (χ1v) is 5.87. The number of hydrogen-bond acceptors (Lipinski definition) is 6. The maximum absolute atomic E-state index is 12.0. The summed E-state index contributed by atoms with van der Waals surface area (Å²) in [6.45, 7) is 3.99. The molecule has 3 heterocycles. The van der Waals surface area contributed by atoms with Crippen LogP contribution in [-0.2, 0) is 6.42 Å². The minimum atomic E-state index is -0.420. The third-order valence-electron chi connectivity index (χ3n) is 2.77. The standard InChI is InChI=1S/C12H12N4O3/c1-6-9(19-7(2)14-6)10(17)15-12-13-5-8-3-4-18-11(8)16-12/h5H,3-4H2,1-2H3,(H,13,15,16,17). The summed E-state index contributed by atoms with van der Waals surface area (Å²) in [5, 5.41) is 2.57. The average Bonchev–Trinajstić information content (AvgIpc) is 2.94. The van der Waals surface area contributed by atoms with E-state index in [-0.39, 0.29) is 11.7 Å². The minimum Gasteiger partial charge on any atom is -0.477 e. The third kappa shape index (κ3) is 2.14. The van der Waals surface area contributed by atoms with Gasteiger partial charge in [0, 0.05) is 25.1 Å². The highest BCUT2D eigenvalue weighted by Crippen LogP contribution is 2.22. The molecule has 0 atom stereocenters. The molecule has 1 aliphatic heterocycles. The van der Waals surface area contributed by atoms with Crippen LogP contribution in [0.4, 0.5) is 5.95 Å². The molecule has 7 nitrogen and oxygen atoms in total. The summed E-state index contributed by atoms with van der Waals surface area (Å²) in [7, 11) is 0.